The first-order valence-electron chi connectivity index (χ1n) is 10.7. The predicted octanol–water partition coefficient (Wildman–Crippen LogP) is 2.48. The van der Waals surface area contributed by atoms with Crippen LogP contribution >= 0.6 is 11.8 Å². The summed E-state index contributed by atoms with van der Waals surface area (Å²) in [4.78, 5) is 33.1. The monoisotopic (exact) mass is 446 g/mol. The van der Waals surface area contributed by atoms with Gasteiger partial charge in [0.25, 0.3) is 0 Å². The number of piperazine rings is 1. The third-order valence-electron chi connectivity index (χ3n) is 5.77. The summed E-state index contributed by atoms with van der Waals surface area (Å²) < 4.78 is 13.0. The Morgan fingerprint density at radius 2 is 1.84 bits per heavy atom. The van der Waals surface area contributed by atoms with Crippen molar-refractivity contribution in [1.82, 2.24) is 25.0 Å². The molecule has 0 radical (unpaired) electrons. The van der Waals surface area contributed by atoms with E-state index in [1.807, 2.05) is 9.80 Å². The van der Waals surface area contributed by atoms with E-state index in [0.717, 1.165) is 18.7 Å². The number of H-pyrrole nitrogens is 1. The molecule has 1 saturated carbocycles. The molecular formula is C21H27FN6O2S. The van der Waals surface area contributed by atoms with Gasteiger partial charge in [0.05, 0.1) is 12.3 Å². The Labute approximate surface area is 185 Å². The van der Waals surface area contributed by atoms with Crippen molar-refractivity contribution in [3.63, 3.8) is 0 Å². The van der Waals surface area contributed by atoms with Gasteiger partial charge in [-0.2, -0.15) is 0 Å². The van der Waals surface area contributed by atoms with Crippen LogP contribution < -0.4 is 5.32 Å². The maximum absolute atomic E-state index is 13.0. The van der Waals surface area contributed by atoms with Crippen LogP contribution in [-0.2, 0) is 9.59 Å². The number of anilines is 1. The van der Waals surface area contributed by atoms with Crippen LogP contribution in [0, 0.1) is 5.82 Å². The lowest BCUT2D eigenvalue weighted by Gasteiger charge is -2.34. The molecule has 2 amide bonds. The topological polar surface area (TPSA) is 94.2 Å². The van der Waals surface area contributed by atoms with Crippen LogP contribution in [-0.4, -0.2) is 75.3 Å². The molecule has 0 bridgehead atoms. The lowest BCUT2D eigenvalue weighted by atomic mass is 10.1. The van der Waals surface area contributed by atoms with E-state index in [0.29, 0.717) is 48.7 Å². The molecule has 0 atom stereocenters. The molecule has 4 rings (SSSR count). The number of nitrogens with one attached hydrogen (secondary N) is 2. The van der Waals surface area contributed by atoms with Gasteiger partial charge < -0.3 is 10.2 Å². The zero-order valence-corrected chi connectivity index (χ0v) is 18.2. The molecule has 2 aromatic rings. The fraction of sp³-hybridized carbons (Fsp3) is 0.524. The van der Waals surface area contributed by atoms with E-state index in [1.165, 1.54) is 48.9 Å². The maximum Gasteiger partial charge on any atom is 0.238 e. The van der Waals surface area contributed by atoms with Crippen molar-refractivity contribution in [2.75, 3.05) is 43.8 Å². The highest BCUT2D eigenvalue weighted by molar-refractivity contribution is 7.99. The van der Waals surface area contributed by atoms with Crippen molar-refractivity contribution in [3.05, 3.63) is 35.9 Å². The van der Waals surface area contributed by atoms with Crippen LogP contribution in [0.25, 0.3) is 0 Å². The van der Waals surface area contributed by atoms with Gasteiger partial charge in [-0.15, -0.1) is 5.10 Å². The average molecular weight is 447 g/mol. The van der Waals surface area contributed by atoms with Crippen molar-refractivity contribution >= 4 is 29.3 Å². The third kappa shape index (κ3) is 6.04. The number of carbonyl (C=O) groups is 2. The van der Waals surface area contributed by atoms with Gasteiger partial charge in [0.2, 0.25) is 17.0 Å². The number of halogens is 1. The molecule has 166 valence electrons. The van der Waals surface area contributed by atoms with Gasteiger partial charge in [0, 0.05) is 37.8 Å². The molecule has 31 heavy (non-hydrogen) atoms. The number of aromatic amines is 1. The highest BCUT2D eigenvalue weighted by Gasteiger charge is 2.24. The molecule has 2 fully saturated rings. The Morgan fingerprint density at radius 1 is 1.13 bits per heavy atom. The number of thioether (sulfide) groups is 1. The Kier molecular flexibility index (Phi) is 7.18. The quantitative estimate of drug-likeness (QED) is 0.635. The Hall–Kier alpha value is -2.46. The summed E-state index contributed by atoms with van der Waals surface area (Å²) >= 11 is 1.37. The van der Waals surface area contributed by atoms with Gasteiger partial charge in [-0.25, -0.2) is 9.37 Å². The molecule has 2 N–H and O–H groups in total. The molecule has 1 aromatic carbocycles. The van der Waals surface area contributed by atoms with Crippen LogP contribution in [0.15, 0.2) is 29.4 Å². The smallest absolute Gasteiger partial charge is 0.238 e. The molecule has 8 nitrogen and oxygen atoms in total. The Bertz CT molecular complexity index is 892. The van der Waals surface area contributed by atoms with Crippen LogP contribution in [0.1, 0.15) is 37.4 Å². The minimum absolute atomic E-state index is 0.0626. The molecule has 10 heteroatoms. The Morgan fingerprint density at radius 3 is 2.55 bits per heavy atom. The number of amides is 2. The van der Waals surface area contributed by atoms with Gasteiger partial charge in [0.15, 0.2) is 0 Å². The number of benzene rings is 1. The third-order valence-corrected chi connectivity index (χ3v) is 6.60. The summed E-state index contributed by atoms with van der Waals surface area (Å²) in [7, 11) is 0. The Balaban J connectivity index is 1.16. The highest BCUT2D eigenvalue weighted by atomic mass is 32.2. The standard InChI is InChI=1S/C21H27FN6O2S/c22-16-5-7-17(8-6-16)23-18(29)13-27-9-11-28(12-10-27)19(30)14-31-21-24-20(25-26-21)15-3-1-2-4-15/h5-8,15H,1-4,9-14H2,(H,23,29)(H,24,25,26). The summed E-state index contributed by atoms with van der Waals surface area (Å²) in [6, 6.07) is 5.69. The molecule has 1 aliphatic heterocycles. The van der Waals surface area contributed by atoms with E-state index in [9.17, 15) is 14.0 Å². The number of hydrogen-bond acceptors (Lipinski definition) is 6. The number of nitrogens with zero attached hydrogens (tertiary/aromatic N) is 4. The van der Waals surface area contributed by atoms with Crippen molar-refractivity contribution in [3.8, 4) is 0 Å². The van der Waals surface area contributed by atoms with E-state index in [1.54, 1.807) is 0 Å². The summed E-state index contributed by atoms with van der Waals surface area (Å²) in [6.07, 6.45) is 4.80. The zero-order valence-electron chi connectivity index (χ0n) is 17.3. The van der Waals surface area contributed by atoms with Gasteiger partial charge in [-0.3, -0.25) is 19.6 Å². The predicted molar refractivity (Wildman–Crippen MR) is 116 cm³/mol. The molecule has 2 aliphatic rings. The van der Waals surface area contributed by atoms with E-state index in [-0.39, 0.29) is 24.2 Å². The minimum Gasteiger partial charge on any atom is -0.339 e. The molecule has 1 aromatic heterocycles. The van der Waals surface area contributed by atoms with Crippen LogP contribution in [0.5, 0.6) is 0 Å². The van der Waals surface area contributed by atoms with Crippen LogP contribution in [0.3, 0.4) is 0 Å². The molecule has 1 aliphatic carbocycles. The number of aromatic nitrogens is 3. The maximum atomic E-state index is 13.0. The van der Waals surface area contributed by atoms with Crippen LogP contribution in [0.4, 0.5) is 10.1 Å². The SMILES string of the molecule is O=C(CN1CCN(C(=O)CSc2n[nH]c(C3CCCC3)n2)CC1)Nc1ccc(F)cc1. The molecule has 0 unspecified atom stereocenters. The summed E-state index contributed by atoms with van der Waals surface area (Å²) in [5.74, 6) is 1.31. The summed E-state index contributed by atoms with van der Waals surface area (Å²) in [5.41, 5.74) is 0.570. The van der Waals surface area contributed by atoms with Crippen molar-refractivity contribution < 1.29 is 14.0 Å². The van der Waals surface area contributed by atoms with Crippen molar-refractivity contribution in [1.29, 1.82) is 0 Å². The van der Waals surface area contributed by atoms with E-state index in [2.05, 4.69) is 20.5 Å². The lowest BCUT2D eigenvalue weighted by Crippen LogP contribution is -2.50. The first kappa shape index (κ1) is 21.8. The zero-order chi connectivity index (χ0) is 21.6. The fourth-order valence-corrected chi connectivity index (χ4v) is 4.72. The molecule has 2 heterocycles. The van der Waals surface area contributed by atoms with E-state index < -0.39 is 0 Å². The lowest BCUT2D eigenvalue weighted by molar-refractivity contribution is -0.130. The van der Waals surface area contributed by atoms with Crippen molar-refractivity contribution in [2.24, 2.45) is 0 Å². The second kappa shape index (κ2) is 10.2. The highest BCUT2D eigenvalue weighted by Crippen LogP contribution is 2.32. The second-order valence-electron chi connectivity index (χ2n) is 7.99. The number of carbonyl (C=O) groups excluding carboxylic acids is 2. The largest absolute Gasteiger partial charge is 0.339 e. The van der Waals surface area contributed by atoms with Gasteiger partial charge >= 0.3 is 0 Å². The first-order chi connectivity index (χ1) is 15.1. The molecular weight excluding hydrogens is 419 g/mol. The van der Waals surface area contributed by atoms with Gasteiger partial charge in [-0.05, 0) is 37.1 Å². The molecule has 0 spiro atoms. The van der Waals surface area contributed by atoms with E-state index >= 15 is 0 Å². The van der Waals surface area contributed by atoms with Gasteiger partial charge in [0.1, 0.15) is 11.6 Å². The normalized spacial score (nSPS) is 17.8. The van der Waals surface area contributed by atoms with Gasteiger partial charge in [-0.1, -0.05) is 24.6 Å². The minimum atomic E-state index is -0.339. The number of rotatable bonds is 7. The van der Waals surface area contributed by atoms with Crippen molar-refractivity contribution in [2.45, 2.75) is 36.8 Å². The molecule has 1 saturated heterocycles. The number of hydrogen-bond donors (Lipinski definition) is 2. The fourth-order valence-electron chi connectivity index (χ4n) is 4.01. The average Bonchev–Trinajstić information content (AvgIpc) is 3.46. The second-order valence-corrected chi connectivity index (χ2v) is 8.93. The first-order valence-corrected chi connectivity index (χ1v) is 11.7. The summed E-state index contributed by atoms with van der Waals surface area (Å²) in [5, 5.41) is 10.7. The summed E-state index contributed by atoms with van der Waals surface area (Å²) in [6.45, 7) is 2.70. The van der Waals surface area contributed by atoms with Crippen LogP contribution in [0.2, 0.25) is 0 Å². The van der Waals surface area contributed by atoms with E-state index in [4.69, 9.17) is 0 Å².